The lowest BCUT2D eigenvalue weighted by atomic mass is 9.91. The fourth-order valence-corrected chi connectivity index (χ4v) is 3.05. The molecule has 0 fully saturated rings. The summed E-state index contributed by atoms with van der Waals surface area (Å²) in [5.41, 5.74) is 0.366. The summed E-state index contributed by atoms with van der Waals surface area (Å²) >= 11 is 6.43. The maximum absolute atomic E-state index is 11.0. The minimum Gasteiger partial charge on any atom is -0.479 e. The van der Waals surface area contributed by atoms with Crippen LogP contribution in [0, 0.1) is 0 Å². The van der Waals surface area contributed by atoms with E-state index in [-0.39, 0.29) is 0 Å². The first-order valence-corrected chi connectivity index (χ1v) is 7.08. The highest BCUT2D eigenvalue weighted by Gasteiger charge is 2.28. The van der Waals surface area contributed by atoms with Gasteiger partial charge in [-0.15, -0.1) is 0 Å². The molecule has 0 aliphatic rings. The number of carboxylic acids is 1. The number of hydrogen-bond acceptors (Lipinski definition) is 3. The van der Waals surface area contributed by atoms with Crippen molar-refractivity contribution >= 4 is 39.1 Å². The fraction of sp³-hybridized carbons (Fsp3) is 0.118. The smallest absolute Gasteiger partial charge is 0.335 e. The van der Waals surface area contributed by atoms with Crippen LogP contribution in [0.3, 0.4) is 0 Å². The lowest BCUT2D eigenvalue weighted by Gasteiger charge is -2.20. The average molecular weight is 317 g/mol. The van der Waals surface area contributed by atoms with Gasteiger partial charge in [0.15, 0.2) is 6.10 Å². The molecular formula is C17H13ClO4. The molecule has 3 rings (SSSR count). The van der Waals surface area contributed by atoms with E-state index in [2.05, 4.69) is 0 Å². The summed E-state index contributed by atoms with van der Waals surface area (Å²) in [6.45, 7) is 0. The Kier molecular flexibility index (Phi) is 3.74. The van der Waals surface area contributed by atoms with Gasteiger partial charge in [-0.05, 0) is 16.3 Å². The van der Waals surface area contributed by atoms with E-state index in [1.807, 2.05) is 12.1 Å². The Morgan fingerprint density at radius 1 is 0.864 bits per heavy atom. The monoisotopic (exact) mass is 316 g/mol. The predicted octanol–water partition coefficient (Wildman–Crippen LogP) is 3.13. The summed E-state index contributed by atoms with van der Waals surface area (Å²) < 4.78 is 0. The molecule has 0 bridgehead atoms. The summed E-state index contributed by atoms with van der Waals surface area (Å²) in [5.74, 6) is -1.48. The molecule has 3 N–H and O–H groups in total. The van der Waals surface area contributed by atoms with Crippen molar-refractivity contribution in [3.05, 3.63) is 59.1 Å². The summed E-state index contributed by atoms with van der Waals surface area (Å²) in [6.07, 6.45) is -3.46. The van der Waals surface area contributed by atoms with E-state index in [9.17, 15) is 15.0 Å². The maximum Gasteiger partial charge on any atom is 0.335 e. The number of hydrogen-bond donors (Lipinski definition) is 3. The van der Waals surface area contributed by atoms with Crippen molar-refractivity contribution in [2.75, 3.05) is 0 Å². The Bertz CT molecular complexity index is 818. The molecule has 0 spiro atoms. The zero-order chi connectivity index (χ0) is 15.9. The molecule has 0 saturated heterocycles. The minimum absolute atomic E-state index is 0.366. The Labute approximate surface area is 131 Å². The molecule has 22 heavy (non-hydrogen) atoms. The zero-order valence-corrected chi connectivity index (χ0v) is 12.2. The molecule has 3 aromatic carbocycles. The van der Waals surface area contributed by atoms with Gasteiger partial charge in [-0.1, -0.05) is 60.1 Å². The number of halogens is 1. The van der Waals surface area contributed by atoms with Crippen molar-refractivity contribution in [3.63, 3.8) is 0 Å². The van der Waals surface area contributed by atoms with Crippen molar-refractivity contribution in [3.8, 4) is 0 Å². The standard InChI is InChI=1S/C17H13ClO4/c18-14-11-7-3-1-5-9(11)13(15(19)16(20)17(21)22)10-6-2-4-8-12(10)14/h1-8,15-16,19-20H,(H,21,22). The van der Waals surface area contributed by atoms with E-state index in [0.29, 0.717) is 32.1 Å². The van der Waals surface area contributed by atoms with Crippen LogP contribution in [-0.4, -0.2) is 27.4 Å². The Morgan fingerprint density at radius 3 is 1.68 bits per heavy atom. The highest BCUT2D eigenvalue weighted by atomic mass is 35.5. The zero-order valence-electron chi connectivity index (χ0n) is 11.4. The number of benzene rings is 3. The Morgan fingerprint density at radius 2 is 1.27 bits per heavy atom. The van der Waals surface area contributed by atoms with Crippen LogP contribution in [0.2, 0.25) is 5.02 Å². The third-order valence-corrected chi connectivity index (χ3v) is 4.16. The Balaban J connectivity index is 2.44. The van der Waals surface area contributed by atoms with Gasteiger partial charge in [0.25, 0.3) is 0 Å². The van der Waals surface area contributed by atoms with Gasteiger partial charge in [0.05, 0.1) is 5.02 Å². The molecule has 0 aliphatic heterocycles. The molecule has 4 nitrogen and oxygen atoms in total. The number of carbonyl (C=O) groups is 1. The van der Waals surface area contributed by atoms with E-state index in [1.54, 1.807) is 36.4 Å². The predicted molar refractivity (Wildman–Crippen MR) is 85.1 cm³/mol. The quantitative estimate of drug-likeness (QED) is 0.649. The molecule has 0 saturated carbocycles. The molecule has 3 aromatic rings. The van der Waals surface area contributed by atoms with Gasteiger partial charge in [-0.25, -0.2) is 4.79 Å². The Hall–Kier alpha value is -2.14. The molecule has 2 unspecified atom stereocenters. The van der Waals surface area contributed by atoms with Crippen LogP contribution in [0.5, 0.6) is 0 Å². The van der Waals surface area contributed by atoms with Gasteiger partial charge in [-0.3, -0.25) is 0 Å². The number of aliphatic carboxylic acids is 1. The van der Waals surface area contributed by atoms with Gasteiger partial charge in [0, 0.05) is 10.8 Å². The largest absolute Gasteiger partial charge is 0.479 e. The number of fused-ring (bicyclic) bond motifs is 2. The van der Waals surface area contributed by atoms with Crippen molar-refractivity contribution < 1.29 is 20.1 Å². The van der Waals surface area contributed by atoms with Gasteiger partial charge in [0.1, 0.15) is 6.10 Å². The number of aliphatic hydroxyl groups excluding tert-OH is 2. The van der Waals surface area contributed by atoms with Crippen LogP contribution in [0.15, 0.2) is 48.5 Å². The van der Waals surface area contributed by atoms with Gasteiger partial charge < -0.3 is 15.3 Å². The summed E-state index contributed by atoms with van der Waals surface area (Å²) in [5, 5.41) is 32.3. The van der Waals surface area contributed by atoms with E-state index in [0.717, 1.165) is 0 Å². The summed E-state index contributed by atoms with van der Waals surface area (Å²) in [7, 11) is 0. The summed E-state index contributed by atoms with van der Waals surface area (Å²) in [6, 6.07) is 14.3. The minimum atomic E-state index is -1.91. The lowest BCUT2D eigenvalue weighted by molar-refractivity contribution is -0.152. The van der Waals surface area contributed by atoms with Gasteiger partial charge in [-0.2, -0.15) is 0 Å². The van der Waals surface area contributed by atoms with E-state index >= 15 is 0 Å². The molecule has 2 atom stereocenters. The third kappa shape index (κ3) is 2.22. The molecule has 5 heteroatoms. The van der Waals surface area contributed by atoms with Gasteiger partial charge in [0.2, 0.25) is 0 Å². The van der Waals surface area contributed by atoms with Crippen molar-refractivity contribution in [1.29, 1.82) is 0 Å². The second-order valence-corrected chi connectivity index (χ2v) is 5.42. The first-order chi connectivity index (χ1) is 10.5. The van der Waals surface area contributed by atoms with Crippen molar-refractivity contribution in [2.24, 2.45) is 0 Å². The molecule has 0 aliphatic carbocycles. The first-order valence-electron chi connectivity index (χ1n) is 6.70. The highest BCUT2D eigenvalue weighted by molar-refractivity contribution is 6.41. The van der Waals surface area contributed by atoms with Gasteiger partial charge >= 0.3 is 5.97 Å². The first kappa shape index (κ1) is 14.8. The third-order valence-electron chi connectivity index (χ3n) is 3.76. The number of rotatable bonds is 3. The van der Waals surface area contributed by atoms with Crippen molar-refractivity contribution in [2.45, 2.75) is 12.2 Å². The van der Waals surface area contributed by atoms with Crippen LogP contribution in [0.4, 0.5) is 0 Å². The molecular weight excluding hydrogens is 304 g/mol. The van der Waals surface area contributed by atoms with Crippen molar-refractivity contribution in [1.82, 2.24) is 0 Å². The molecule has 0 aromatic heterocycles. The highest BCUT2D eigenvalue weighted by Crippen LogP contribution is 2.39. The van der Waals surface area contributed by atoms with E-state index in [4.69, 9.17) is 16.7 Å². The second-order valence-electron chi connectivity index (χ2n) is 5.05. The SMILES string of the molecule is O=C(O)C(O)C(O)c1c2ccccc2c(Cl)c2ccccc12. The van der Waals surface area contributed by atoms with E-state index in [1.165, 1.54) is 0 Å². The van der Waals surface area contributed by atoms with Crippen LogP contribution < -0.4 is 0 Å². The molecule has 0 amide bonds. The normalized spacial score (nSPS) is 14.1. The average Bonchev–Trinajstić information content (AvgIpc) is 2.54. The second kappa shape index (κ2) is 5.57. The molecule has 112 valence electrons. The van der Waals surface area contributed by atoms with Crippen LogP contribution >= 0.6 is 11.6 Å². The van der Waals surface area contributed by atoms with E-state index < -0.39 is 18.2 Å². The summed E-state index contributed by atoms with van der Waals surface area (Å²) in [4.78, 5) is 11.0. The molecule has 0 heterocycles. The van der Waals surface area contributed by atoms with Crippen LogP contribution in [-0.2, 0) is 4.79 Å². The lowest BCUT2D eigenvalue weighted by Crippen LogP contribution is -2.27. The fourth-order valence-electron chi connectivity index (χ4n) is 2.72. The maximum atomic E-state index is 11.0. The molecule has 0 radical (unpaired) electrons. The number of carboxylic acid groups (broad SMARTS) is 1. The van der Waals surface area contributed by atoms with Crippen LogP contribution in [0.1, 0.15) is 11.7 Å². The van der Waals surface area contributed by atoms with Crippen LogP contribution in [0.25, 0.3) is 21.5 Å². The number of aliphatic hydroxyl groups is 2. The topological polar surface area (TPSA) is 77.8 Å².